The number of imidazole rings is 1. The average Bonchev–Trinajstić information content (AvgIpc) is 2.80. The van der Waals surface area contributed by atoms with Gasteiger partial charge in [0.2, 0.25) is 0 Å². The maximum Gasteiger partial charge on any atom is 0.330 e. The van der Waals surface area contributed by atoms with Gasteiger partial charge in [-0.3, -0.25) is 4.79 Å². The van der Waals surface area contributed by atoms with E-state index in [2.05, 4.69) is 4.98 Å². The predicted octanol–water partition coefficient (Wildman–Crippen LogP) is 4.11. The molecular weight excluding hydrogens is 350 g/mol. The van der Waals surface area contributed by atoms with Crippen LogP contribution in [0, 0.1) is 10.7 Å². The van der Waals surface area contributed by atoms with Gasteiger partial charge in [-0.2, -0.15) is 0 Å². The summed E-state index contributed by atoms with van der Waals surface area (Å²) in [6.45, 7) is 0.534. The Morgan fingerprint density at radius 1 is 1.23 bits per heavy atom. The summed E-state index contributed by atoms with van der Waals surface area (Å²) in [7, 11) is 1.69. The number of benzene rings is 1. The van der Waals surface area contributed by atoms with E-state index in [0.717, 1.165) is 36.7 Å². The molecule has 0 spiro atoms. The van der Waals surface area contributed by atoms with Crippen LogP contribution < -0.4 is 0 Å². The highest BCUT2D eigenvalue weighted by molar-refractivity contribution is 7.71. The van der Waals surface area contributed by atoms with E-state index >= 15 is 0 Å². The fraction of sp³-hybridized carbons (Fsp3) is 0.526. The van der Waals surface area contributed by atoms with E-state index < -0.39 is 0 Å². The highest BCUT2D eigenvalue weighted by Gasteiger charge is 2.22. The monoisotopic (exact) mass is 375 g/mol. The van der Waals surface area contributed by atoms with Crippen molar-refractivity contribution in [2.24, 2.45) is 5.92 Å². The second-order valence-corrected chi connectivity index (χ2v) is 7.23. The molecule has 0 radical (unpaired) electrons. The summed E-state index contributed by atoms with van der Waals surface area (Å²) in [6, 6.07) is 7.24. The quantitative estimate of drug-likeness (QED) is 0.496. The zero-order chi connectivity index (χ0) is 18.5. The number of hydrogen-bond acceptors (Lipinski definition) is 4. The van der Waals surface area contributed by atoms with Crippen molar-refractivity contribution in [3.63, 3.8) is 0 Å². The number of amides is 1. The number of likely N-dealkylation sites (N-methyl/N-ethyl adjacent to an activating group) is 1. The van der Waals surface area contributed by atoms with Crippen molar-refractivity contribution in [1.82, 2.24) is 14.5 Å². The molecule has 7 heteroatoms. The van der Waals surface area contributed by atoms with Crippen molar-refractivity contribution in [2.75, 3.05) is 20.2 Å². The molecule has 1 aromatic heterocycles. The smallest absolute Gasteiger partial charge is 0.330 e. The van der Waals surface area contributed by atoms with E-state index in [1.165, 1.54) is 22.3 Å². The fourth-order valence-corrected chi connectivity index (χ4v) is 3.71. The molecule has 0 atom stereocenters. The van der Waals surface area contributed by atoms with Crippen LogP contribution in [-0.4, -0.2) is 46.7 Å². The molecule has 140 valence electrons. The lowest BCUT2D eigenvalue weighted by molar-refractivity contribution is -0.149. The van der Waals surface area contributed by atoms with Gasteiger partial charge in [-0.1, -0.05) is 37.8 Å². The van der Waals surface area contributed by atoms with E-state index in [-0.39, 0.29) is 24.5 Å². The van der Waals surface area contributed by atoms with E-state index in [1.807, 2.05) is 24.3 Å². The number of carbonyl (C=O) groups is 2. The average molecular weight is 375 g/mol. The van der Waals surface area contributed by atoms with E-state index in [0.29, 0.717) is 11.3 Å². The van der Waals surface area contributed by atoms with Crippen LogP contribution in [-0.2, 0) is 9.53 Å². The second kappa shape index (κ2) is 8.49. The van der Waals surface area contributed by atoms with Crippen molar-refractivity contribution >= 4 is 35.3 Å². The SMILES string of the molecule is CN(CCOC(=O)C1CCCCCC1)C(=O)n1c(=S)[nH]c2ccccc21. The maximum atomic E-state index is 12.7. The number of aromatic amines is 1. The Labute approximate surface area is 158 Å². The van der Waals surface area contributed by atoms with Crippen LogP contribution in [0.1, 0.15) is 38.5 Å². The second-order valence-electron chi connectivity index (χ2n) is 6.84. The molecule has 1 heterocycles. The molecule has 3 rings (SSSR count). The van der Waals surface area contributed by atoms with Crippen molar-refractivity contribution < 1.29 is 14.3 Å². The molecule has 0 bridgehead atoms. The number of aromatic nitrogens is 2. The normalized spacial score (nSPS) is 15.6. The standard InChI is InChI=1S/C19H25N3O3S/c1-21(12-13-25-17(23)14-8-4-2-3-5-9-14)19(24)22-16-11-7-6-10-15(16)20-18(22)26/h6-7,10-11,14H,2-5,8-9,12-13H2,1H3,(H,20,26). The van der Waals surface area contributed by atoms with Gasteiger partial charge in [-0.25, -0.2) is 9.36 Å². The van der Waals surface area contributed by atoms with Gasteiger partial charge in [0.25, 0.3) is 0 Å². The number of nitrogens with one attached hydrogen (secondary N) is 1. The summed E-state index contributed by atoms with van der Waals surface area (Å²) >= 11 is 5.28. The fourth-order valence-electron chi connectivity index (χ4n) is 3.43. The first-order valence-electron chi connectivity index (χ1n) is 9.20. The van der Waals surface area contributed by atoms with Gasteiger partial charge in [0.15, 0.2) is 4.77 Å². The number of H-pyrrole nitrogens is 1. The van der Waals surface area contributed by atoms with Crippen molar-refractivity contribution in [1.29, 1.82) is 0 Å². The number of rotatable bonds is 4. The molecule has 1 N–H and O–H groups in total. The summed E-state index contributed by atoms with van der Waals surface area (Å²) in [4.78, 5) is 29.5. The lowest BCUT2D eigenvalue weighted by Gasteiger charge is -2.19. The zero-order valence-electron chi connectivity index (χ0n) is 15.1. The molecule has 1 aliphatic carbocycles. The highest BCUT2D eigenvalue weighted by Crippen LogP contribution is 2.23. The third kappa shape index (κ3) is 4.15. The number of carbonyl (C=O) groups excluding carboxylic acids is 2. The Kier molecular flexibility index (Phi) is 6.08. The third-order valence-corrected chi connectivity index (χ3v) is 5.25. The van der Waals surface area contributed by atoms with Gasteiger partial charge < -0.3 is 14.6 Å². The van der Waals surface area contributed by atoms with Crippen molar-refractivity contribution in [3.8, 4) is 0 Å². The minimum Gasteiger partial charge on any atom is -0.464 e. The number of para-hydroxylation sites is 2. The van der Waals surface area contributed by atoms with Gasteiger partial charge in [-0.15, -0.1) is 0 Å². The van der Waals surface area contributed by atoms with Crippen LogP contribution in [0.2, 0.25) is 0 Å². The van der Waals surface area contributed by atoms with E-state index in [9.17, 15) is 9.59 Å². The number of esters is 1. The largest absolute Gasteiger partial charge is 0.464 e. The number of nitrogens with zero attached hydrogens (tertiary/aromatic N) is 2. The molecule has 0 unspecified atom stereocenters. The molecular formula is C19H25N3O3S. The van der Waals surface area contributed by atoms with Crippen LogP contribution >= 0.6 is 12.2 Å². The van der Waals surface area contributed by atoms with Crippen LogP contribution in [0.25, 0.3) is 11.0 Å². The number of hydrogen-bond donors (Lipinski definition) is 1. The van der Waals surface area contributed by atoms with Crippen LogP contribution in [0.3, 0.4) is 0 Å². The molecule has 26 heavy (non-hydrogen) atoms. The Bertz CT molecular complexity index is 834. The molecule has 1 aliphatic rings. The minimum absolute atomic E-state index is 0.0146. The summed E-state index contributed by atoms with van der Waals surface area (Å²) in [5.74, 6) is -0.114. The third-order valence-electron chi connectivity index (χ3n) is 4.97. The molecule has 6 nitrogen and oxygen atoms in total. The van der Waals surface area contributed by atoms with Crippen molar-refractivity contribution in [3.05, 3.63) is 29.0 Å². The maximum absolute atomic E-state index is 12.7. The molecule has 1 fully saturated rings. The highest BCUT2D eigenvalue weighted by atomic mass is 32.1. The van der Waals surface area contributed by atoms with E-state index in [4.69, 9.17) is 17.0 Å². The lowest BCUT2D eigenvalue weighted by atomic mass is 10.0. The van der Waals surface area contributed by atoms with Gasteiger partial charge in [-0.05, 0) is 37.2 Å². The molecule has 0 aliphatic heterocycles. The Balaban J connectivity index is 1.56. The first-order chi connectivity index (χ1) is 12.6. The summed E-state index contributed by atoms with van der Waals surface area (Å²) in [6.07, 6.45) is 6.42. The van der Waals surface area contributed by atoms with Crippen LogP contribution in [0.15, 0.2) is 24.3 Å². The number of ether oxygens (including phenoxy) is 1. The van der Waals surface area contributed by atoms with Gasteiger partial charge in [0.05, 0.1) is 23.5 Å². The minimum atomic E-state index is -0.238. The zero-order valence-corrected chi connectivity index (χ0v) is 15.9. The molecule has 1 saturated carbocycles. The van der Waals surface area contributed by atoms with E-state index in [1.54, 1.807) is 7.05 Å². The molecule has 0 saturated heterocycles. The Morgan fingerprint density at radius 3 is 2.65 bits per heavy atom. The first-order valence-corrected chi connectivity index (χ1v) is 9.60. The first kappa shape index (κ1) is 18.6. The summed E-state index contributed by atoms with van der Waals surface area (Å²) < 4.78 is 7.25. The van der Waals surface area contributed by atoms with Gasteiger partial charge in [0.1, 0.15) is 6.61 Å². The predicted molar refractivity (Wildman–Crippen MR) is 103 cm³/mol. The Hall–Kier alpha value is -2.15. The molecule has 1 aromatic carbocycles. The Morgan fingerprint density at radius 2 is 1.92 bits per heavy atom. The molecule has 1 amide bonds. The number of fused-ring (bicyclic) bond motifs is 1. The van der Waals surface area contributed by atoms with Crippen LogP contribution in [0.4, 0.5) is 4.79 Å². The molecule has 2 aromatic rings. The summed E-state index contributed by atoms with van der Waals surface area (Å²) in [5.41, 5.74) is 1.56. The summed E-state index contributed by atoms with van der Waals surface area (Å²) in [5, 5.41) is 0. The van der Waals surface area contributed by atoms with Crippen molar-refractivity contribution in [2.45, 2.75) is 38.5 Å². The lowest BCUT2D eigenvalue weighted by Crippen LogP contribution is -2.34. The van der Waals surface area contributed by atoms with Gasteiger partial charge in [0, 0.05) is 7.05 Å². The topological polar surface area (TPSA) is 67.3 Å². The van der Waals surface area contributed by atoms with Crippen LogP contribution in [0.5, 0.6) is 0 Å². The van der Waals surface area contributed by atoms with Gasteiger partial charge >= 0.3 is 12.0 Å².